The van der Waals surface area contributed by atoms with Gasteiger partial charge in [0.15, 0.2) is 0 Å². The molecular weight excluding hydrogens is 428 g/mol. The molecule has 7 nitrogen and oxygen atoms in total. The Kier molecular flexibility index (Phi) is 9.28. The first-order valence-corrected chi connectivity index (χ1v) is 12.6. The van der Waals surface area contributed by atoms with Gasteiger partial charge in [0.25, 0.3) is 5.91 Å². The first kappa shape index (κ1) is 25.9. The highest BCUT2D eigenvalue weighted by Crippen LogP contribution is 2.27. The molecule has 0 radical (unpaired) electrons. The maximum absolute atomic E-state index is 13.1. The third-order valence-electron chi connectivity index (χ3n) is 6.67. The van der Waals surface area contributed by atoms with E-state index in [-0.39, 0.29) is 11.8 Å². The molecule has 0 saturated carbocycles. The molecule has 1 aromatic carbocycles. The lowest BCUT2D eigenvalue weighted by Gasteiger charge is -2.29. The number of fused-ring (bicyclic) bond motifs is 1. The summed E-state index contributed by atoms with van der Waals surface area (Å²) in [5.74, 6) is 0.799. The van der Waals surface area contributed by atoms with Gasteiger partial charge in [-0.2, -0.15) is 0 Å². The number of nitrogens with one attached hydrogen (secondary N) is 1. The average Bonchev–Trinajstić information content (AvgIpc) is 3.10. The number of hydrogen-bond donors (Lipinski definition) is 1. The van der Waals surface area contributed by atoms with Crippen LogP contribution in [0.15, 0.2) is 22.7 Å². The topological polar surface area (TPSA) is 78.7 Å². The van der Waals surface area contributed by atoms with Gasteiger partial charge in [0.2, 0.25) is 11.8 Å². The lowest BCUT2D eigenvalue weighted by molar-refractivity contribution is -0.116. The normalized spacial score (nSPS) is 16.0. The van der Waals surface area contributed by atoms with Gasteiger partial charge in [-0.15, -0.1) is 0 Å². The van der Waals surface area contributed by atoms with Crippen molar-refractivity contribution in [3.63, 3.8) is 0 Å². The van der Waals surface area contributed by atoms with Gasteiger partial charge in [0.1, 0.15) is 0 Å². The van der Waals surface area contributed by atoms with E-state index in [9.17, 15) is 9.59 Å². The van der Waals surface area contributed by atoms with Crippen LogP contribution in [0.2, 0.25) is 0 Å². The summed E-state index contributed by atoms with van der Waals surface area (Å²) in [6.45, 7) is 13.3. The van der Waals surface area contributed by atoms with Crippen molar-refractivity contribution in [1.29, 1.82) is 0 Å². The van der Waals surface area contributed by atoms with E-state index in [0.717, 1.165) is 54.9 Å². The van der Waals surface area contributed by atoms with Crippen LogP contribution in [0.4, 0.5) is 11.6 Å². The fraction of sp³-hybridized carbons (Fsp3) is 0.593. The molecule has 1 N–H and O–H groups in total. The number of aryl methyl sites for hydroxylation is 1. The maximum Gasteiger partial charge on any atom is 0.258 e. The number of anilines is 2. The lowest BCUT2D eigenvalue weighted by atomic mass is 10.0. The Bertz CT molecular complexity index is 982. The number of hydrogen-bond acceptors (Lipinski definition) is 5. The smallest absolute Gasteiger partial charge is 0.258 e. The van der Waals surface area contributed by atoms with Gasteiger partial charge in [-0.05, 0) is 75.9 Å². The highest BCUT2D eigenvalue weighted by molar-refractivity contribution is 6.04. The third-order valence-corrected chi connectivity index (χ3v) is 6.67. The van der Waals surface area contributed by atoms with Gasteiger partial charge < -0.3 is 9.42 Å². The summed E-state index contributed by atoms with van der Waals surface area (Å²) in [5.41, 5.74) is 4.04. The molecule has 2 aromatic rings. The molecule has 0 aliphatic carbocycles. The molecule has 7 heteroatoms. The molecule has 0 saturated heterocycles. The van der Waals surface area contributed by atoms with Crippen molar-refractivity contribution in [3.05, 3.63) is 40.6 Å². The molecule has 1 aliphatic rings. The average molecular weight is 469 g/mol. The number of carbonyl (C=O) groups excluding carboxylic acids is 2. The number of nitrogens with zero attached hydrogens (tertiary/aromatic N) is 3. The van der Waals surface area contributed by atoms with E-state index >= 15 is 0 Å². The number of rotatable bonds is 5. The van der Waals surface area contributed by atoms with Gasteiger partial charge in [0, 0.05) is 36.8 Å². The molecule has 1 aromatic heterocycles. The number of carbonyl (C=O) groups is 2. The standard InChI is InChI=1S/C27H40N4O3/c1-19(2)13-16-30-14-9-7-6-8-10-15-31(22(5)32)25-12-11-23(17-24(25)18-30)26(33)28-27-20(3)21(4)29-34-27/h11-12,17,19H,6-10,13-16,18H2,1-5H3,(H,28,33). The Morgan fingerprint density at radius 2 is 1.79 bits per heavy atom. The largest absolute Gasteiger partial charge is 0.338 e. The first-order chi connectivity index (χ1) is 16.3. The van der Waals surface area contributed by atoms with Gasteiger partial charge in [-0.25, -0.2) is 0 Å². The zero-order valence-corrected chi connectivity index (χ0v) is 21.4. The molecule has 1 aliphatic heterocycles. The molecule has 0 atom stereocenters. The van der Waals surface area contributed by atoms with E-state index in [2.05, 4.69) is 29.2 Å². The SMILES string of the molecule is CC(=O)N1CCCCCCCN(CCC(C)C)Cc2cc(C(=O)Nc3onc(C)c3C)ccc21. The molecular formula is C27H40N4O3. The monoisotopic (exact) mass is 468 g/mol. The van der Waals surface area contributed by atoms with Crippen LogP contribution in [0.3, 0.4) is 0 Å². The molecule has 0 fully saturated rings. The quantitative estimate of drug-likeness (QED) is 0.608. The summed E-state index contributed by atoms with van der Waals surface area (Å²) in [6, 6.07) is 5.66. The van der Waals surface area contributed by atoms with Gasteiger partial charge in [-0.1, -0.05) is 38.3 Å². The van der Waals surface area contributed by atoms with Crippen LogP contribution in [0.25, 0.3) is 0 Å². The molecule has 0 unspecified atom stereocenters. The highest BCUT2D eigenvalue weighted by atomic mass is 16.5. The minimum atomic E-state index is -0.240. The molecule has 2 amide bonds. The van der Waals surface area contributed by atoms with Crippen LogP contribution < -0.4 is 10.2 Å². The summed E-state index contributed by atoms with van der Waals surface area (Å²) in [6.07, 6.45) is 6.83. The predicted octanol–water partition coefficient (Wildman–Crippen LogP) is 5.71. The van der Waals surface area contributed by atoms with Gasteiger partial charge in [0.05, 0.1) is 5.69 Å². The fourth-order valence-corrected chi connectivity index (χ4v) is 4.36. The van der Waals surface area contributed by atoms with Crippen molar-refractivity contribution in [1.82, 2.24) is 10.1 Å². The van der Waals surface area contributed by atoms with Crippen molar-refractivity contribution in [3.8, 4) is 0 Å². The number of benzene rings is 1. The Balaban J connectivity index is 1.94. The maximum atomic E-state index is 13.1. The molecule has 0 spiro atoms. The molecule has 3 rings (SSSR count). The van der Waals surface area contributed by atoms with Crippen LogP contribution in [0.5, 0.6) is 0 Å². The van der Waals surface area contributed by atoms with E-state index in [0.29, 0.717) is 30.5 Å². The zero-order valence-electron chi connectivity index (χ0n) is 21.4. The second-order valence-corrected chi connectivity index (χ2v) is 9.92. The Labute approximate surface area is 203 Å². The van der Waals surface area contributed by atoms with Crippen LogP contribution >= 0.6 is 0 Å². The van der Waals surface area contributed by atoms with Crippen molar-refractivity contribution in [2.75, 3.05) is 29.9 Å². The summed E-state index contributed by atoms with van der Waals surface area (Å²) in [7, 11) is 0. The Hall–Kier alpha value is -2.67. The van der Waals surface area contributed by atoms with E-state index in [1.165, 1.54) is 19.3 Å². The fourth-order valence-electron chi connectivity index (χ4n) is 4.36. The summed E-state index contributed by atoms with van der Waals surface area (Å²) < 4.78 is 5.27. The second kappa shape index (κ2) is 12.2. The summed E-state index contributed by atoms with van der Waals surface area (Å²) in [4.78, 5) is 30.0. The van der Waals surface area contributed by atoms with Crippen molar-refractivity contribution >= 4 is 23.4 Å². The number of aromatic nitrogens is 1. The van der Waals surface area contributed by atoms with Crippen LogP contribution in [0, 0.1) is 19.8 Å². The lowest BCUT2D eigenvalue weighted by Crippen LogP contribution is -2.33. The molecule has 2 heterocycles. The van der Waals surface area contributed by atoms with Gasteiger partial charge in [-0.3, -0.25) is 19.8 Å². The van der Waals surface area contributed by atoms with Crippen molar-refractivity contribution < 1.29 is 14.1 Å². The predicted molar refractivity (Wildman–Crippen MR) is 136 cm³/mol. The minimum absolute atomic E-state index is 0.0389. The molecule has 186 valence electrons. The van der Waals surface area contributed by atoms with E-state index in [4.69, 9.17) is 4.52 Å². The second-order valence-electron chi connectivity index (χ2n) is 9.92. The molecule has 34 heavy (non-hydrogen) atoms. The van der Waals surface area contributed by atoms with Crippen LogP contribution in [-0.4, -0.2) is 41.5 Å². The minimum Gasteiger partial charge on any atom is -0.338 e. The van der Waals surface area contributed by atoms with Gasteiger partial charge >= 0.3 is 0 Å². The Morgan fingerprint density at radius 3 is 2.44 bits per heavy atom. The summed E-state index contributed by atoms with van der Waals surface area (Å²) in [5, 5.41) is 6.77. The highest BCUT2D eigenvalue weighted by Gasteiger charge is 2.21. The number of amides is 2. The third kappa shape index (κ3) is 6.92. The van der Waals surface area contributed by atoms with E-state index < -0.39 is 0 Å². The van der Waals surface area contributed by atoms with Crippen molar-refractivity contribution in [2.24, 2.45) is 5.92 Å². The van der Waals surface area contributed by atoms with Crippen LogP contribution in [-0.2, 0) is 11.3 Å². The Morgan fingerprint density at radius 1 is 1.09 bits per heavy atom. The van der Waals surface area contributed by atoms with E-state index in [1.807, 2.05) is 30.9 Å². The van der Waals surface area contributed by atoms with Crippen LogP contribution in [0.1, 0.15) is 86.5 Å². The van der Waals surface area contributed by atoms with Crippen molar-refractivity contribution in [2.45, 2.75) is 79.7 Å². The zero-order chi connectivity index (χ0) is 24.7. The first-order valence-electron chi connectivity index (χ1n) is 12.6. The van der Waals surface area contributed by atoms with E-state index in [1.54, 1.807) is 13.0 Å². The molecule has 0 bridgehead atoms. The summed E-state index contributed by atoms with van der Waals surface area (Å²) >= 11 is 0.